The minimum Gasteiger partial charge on any atom is -0.505 e. The van der Waals surface area contributed by atoms with Crippen LogP contribution in [0.4, 0.5) is 4.39 Å². The van der Waals surface area contributed by atoms with Crippen molar-refractivity contribution in [1.29, 1.82) is 0 Å². The monoisotopic (exact) mass is 382 g/mol. The third-order valence-corrected chi connectivity index (χ3v) is 4.65. The molecule has 136 valence electrons. The molecule has 0 radical (unpaired) electrons. The van der Waals surface area contributed by atoms with E-state index in [9.17, 15) is 9.50 Å². The Morgan fingerprint density at radius 1 is 1.11 bits per heavy atom. The minimum atomic E-state index is -0.251. The lowest BCUT2D eigenvalue weighted by atomic mass is 10.1. The molecule has 0 unspecified atom stereocenters. The van der Waals surface area contributed by atoms with Crippen LogP contribution in [-0.2, 0) is 12.8 Å². The quantitative estimate of drug-likeness (QED) is 0.540. The van der Waals surface area contributed by atoms with E-state index in [1.54, 1.807) is 31.3 Å². The largest absolute Gasteiger partial charge is 0.505 e. The number of nitrogens with one attached hydrogen (secondary N) is 1. The van der Waals surface area contributed by atoms with Gasteiger partial charge in [-0.05, 0) is 49.6 Å². The van der Waals surface area contributed by atoms with Gasteiger partial charge in [-0.3, -0.25) is 0 Å². The number of benzene rings is 2. The number of aromatic nitrogens is 4. The van der Waals surface area contributed by atoms with Crippen LogP contribution in [0, 0.1) is 12.7 Å². The first-order valence-corrected chi connectivity index (χ1v) is 8.83. The molecule has 0 bridgehead atoms. The van der Waals surface area contributed by atoms with E-state index >= 15 is 0 Å². The van der Waals surface area contributed by atoms with Gasteiger partial charge in [-0.15, -0.1) is 0 Å². The number of hydrogen-bond acceptors (Lipinski definition) is 4. The van der Waals surface area contributed by atoms with Gasteiger partial charge in [0.2, 0.25) is 0 Å². The number of imidazole rings is 1. The zero-order valence-corrected chi connectivity index (χ0v) is 15.3. The Kier molecular flexibility index (Phi) is 4.49. The molecule has 2 aromatic carbocycles. The van der Waals surface area contributed by atoms with Crippen LogP contribution in [0.5, 0.6) is 5.75 Å². The molecule has 0 spiro atoms. The number of hydrogen-bond donors (Lipinski definition) is 2. The summed E-state index contributed by atoms with van der Waals surface area (Å²) in [4.78, 5) is 16.1. The predicted octanol–water partition coefficient (Wildman–Crippen LogP) is 4.61. The number of halogens is 2. The van der Waals surface area contributed by atoms with Gasteiger partial charge in [0.15, 0.2) is 11.6 Å². The lowest BCUT2D eigenvalue weighted by Crippen LogP contribution is -1.98. The topological polar surface area (TPSA) is 74.7 Å². The number of nitrogens with zero attached hydrogens (tertiary/aromatic N) is 3. The van der Waals surface area contributed by atoms with Gasteiger partial charge >= 0.3 is 0 Å². The lowest BCUT2D eigenvalue weighted by molar-refractivity contribution is 0.482. The second kappa shape index (κ2) is 6.96. The standard InChI is InChI=1S/C20H16ClFN4O/c1-11-24-17-16(21)10-15(19(27)18(17)25-11)20-23-9-8-14(26-20)7-4-12-2-5-13(22)6-3-12/h2-3,5-6,8-10,27H,4,7H2,1H3,(H,24,25). The number of fused-ring (bicyclic) bond motifs is 1. The number of aromatic amines is 1. The van der Waals surface area contributed by atoms with Crippen LogP contribution >= 0.6 is 11.6 Å². The molecule has 0 atom stereocenters. The van der Waals surface area contributed by atoms with Crippen molar-refractivity contribution in [3.05, 3.63) is 70.5 Å². The van der Waals surface area contributed by atoms with Crippen molar-refractivity contribution in [2.75, 3.05) is 0 Å². The molecule has 0 saturated heterocycles. The number of phenolic OH excluding ortho intramolecular Hbond substituents is 1. The van der Waals surface area contributed by atoms with E-state index < -0.39 is 0 Å². The molecule has 4 aromatic rings. The predicted molar refractivity (Wildman–Crippen MR) is 102 cm³/mol. The van der Waals surface area contributed by atoms with Crippen molar-refractivity contribution >= 4 is 22.6 Å². The van der Waals surface area contributed by atoms with E-state index in [-0.39, 0.29) is 11.6 Å². The normalized spacial score (nSPS) is 11.2. The van der Waals surface area contributed by atoms with Crippen LogP contribution < -0.4 is 0 Å². The molecule has 2 N–H and O–H groups in total. The maximum absolute atomic E-state index is 13.0. The number of rotatable bonds is 4. The second-order valence-corrected chi connectivity index (χ2v) is 6.71. The Morgan fingerprint density at radius 3 is 2.67 bits per heavy atom. The van der Waals surface area contributed by atoms with Gasteiger partial charge in [-0.2, -0.15) is 0 Å². The highest BCUT2D eigenvalue weighted by Gasteiger charge is 2.17. The van der Waals surface area contributed by atoms with Gasteiger partial charge in [-0.25, -0.2) is 19.3 Å². The lowest BCUT2D eigenvalue weighted by Gasteiger charge is -2.07. The van der Waals surface area contributed by atoms with E-state index in [2.05, 4.69) is 19.9 Å². The van der Waals surface area contributed by atoms with Crippen LogP contribution in [0.2, 0.25) is 5.02 Å². The van der Waals surface area contributed by atoms with E-state index in [0.717, 1.165) is 17.7 Å². The maximum atomic E-state index is 13.0. The molecule has 5 nitrogen and oxygen atoms in total. The fourth-order valence-corrected chi connectivity index (χ4v) is 3.24. The molecule has 2 aromatic heterocycles. The molecule has 0 amide bonds. The first-order valence-electron chi connectivity index (χ1n) is 8.46. The second-order valence-electron chi connectivity index (χ2n) is 6.30. The number of aromatic hydroxyl groups is 1. The molecule has 0 saturated carbocycles. The fourth-order valence-electron chi connectivity index (χ4n) is 2.99. The molecule has 7 heteroatoms. The van der Waals surface area contributed by atoms with Gasteiger partial charge in [0.25, 0.3) is 0 Å². The molecule has 4 rings (SSSR count). The third kappa shape index (κ3) is 3.48. The molecule has 0 aliphatic carbocycles. The number of H-pyrrole nitrogens is 1. The molecule has 27 heavy (non-hydrogen) atoms. The van der Waals surface area contributed by atoms with Crippen molar-refractivity contribution in [3.63, 3.8) is 0 Å². The summed E-state index contributed by atoms with van der Waals surface area (Å²) >= 11 is 6.32. The highest BCUT2D eigenvalue weighted by Crippen LogP contribution is 2.37. The summed E-state index contributed by atoms with van der Waals surface area (Å²) in [7, 11) is 0. The average molecular weight is 383 g/mol. The number of phenols is 1. The van der Waals surface area contributed by atoms with E-state index in [4.69, 9.17) is 11.6 Å². The maximum Gasteiger partial charge on any atom is 0.163 e. The van der Waals surface area contributed by atoms with Gasteiger partial charge in [0.05, 0.1) is 16.1 Å². The first kappa shape index (κ1) is 17.4. The molecular weight excluding hydrogens is 367 g/mol. The van der Waals surface area contributed by atoms with Crippen molar-refractivity contribution in [1.82, 2.24) is 19.9 Å². The van der Waals surface area contributed by atoms with E-state index in [1.807, 2.05) is 6.07 Å². The highest BCUT2D eigenvalue weighted by atomic mass is 35.5. The smallest absolute Gasteiger partial charge is 0.163 e. The molecule has 2 heterocycles. The SMILES string of the molecule is Cc1nc2c(O)c(-c3nccc(CCc4ccc(F)cc4)n3)cc(Cl)c2[nH]1. The Labute approximate surface area is 159 Å². The summed E-state index contributed by atoms with van der Waals surface area (Å²) in [6.45, 7) is 1.79. The Bertz CT molecular complexity index is 1120. The van der Waals surface area contributed by atoms with Crippen LogP contribution in [0.25, 0.3) is 22.4 Å². The fraction of sp³-hybridized carbons (Fsp3) is 0.150. The molecular formula is C20H16ClFN4O. The van der Waals surface area contributed by atoms with E-state index in [0.29, 0.717) is 39.7 Å². The van der Waals surface area contributed by atoms with Gasteiger partial charge in [0, 0.05) is 11.9 Å². The van der Waals surface area contributed by atoms with Gasteiger partial charge < -0.3 is 10.1 Å². The molecule has 0 aliphatic heterocycles. The summed E-state index contributed by atoms with van der Waals surface area (Å²) in [6, 6.07) is 9.87. The van der Waals surface area contributed by atoms with E-state index in [1.165, 1.54) is 12.1 Å². The summed E-state index contributed by atoms with van der Waals surface area (Å²) < 4.78 is 13.0. The van der Waals surface area contributed by atoms with Crippen molar-refractivity contribution < 1.29 is 9.50 Å². The highest BCUT2D eigenvalue weighted by molar-refractivity contribution is 6.35. The minimum absolute atomic E-state index is 0.00515. The Hall–Kier alpha value is -2.99. The van der Waals surface area contributed by atoms with Crippen molar-refractivity contribution in [2.45, 2.75) is 19.8 Å². The first-order chi connectivity index (χ1) is 13.0. The van der Waals surface area contributed by atoms with Crippen LogP contribution in [-0.4, -0.2) is 25.0 Å². The summed E-state index contributed by atoms with van der Waals surface area (Å²) in [6.07, 6.45) is 3.04. The molecule has 0 aliphatic rings. The number of aryl methyl sites for hydroxylation is 3. The van der Waals surface area contributed by atoms with Crippen LogP contribution in [0.15, 0.2) is 42.6 Å². The third-order valence-electron chi connectivity index (χ3n) is 4.35. The van der Waals surface area contributed by atoms with Crippen molar-refractivity contribution in [2.24, 2.45) is 0 Å². The Morgan fingerprint density at radius 2 is 1.89 bits per heavy atom. The Balaban J connectivity index is 1.65. The summed E-state index contributed by atoms with van der Waals surface area (Å²) in [5.74, 6) is 0.788. The van der Waals surface area contributed by atoms with Crippen LogP contribution in [0.1, 0.15) is 17.1 Å². The van der Waals surface area contributed by atoms with Gasteiger partial charge in [-0.1, -0.05) is 23.7 Å². The molecule has 0 fully saturated rings. The van der Waals surface area contributed by atoms with Gasteiger partial charge in [0.1, 0.15) is 17.2 Å². The summed E-state index contributed by atoms with van der Waals surface area (Å²) in [5.41, 5.74) is 3.26. The average Bonchev–Trinajstić information content (AvgIpc) is 3.07. The van der Waals surface area contributed by atoms with Crippen molar-refractivity contribution in [3.8, 4) is 17.1 Å². The van der Waals surface area contributed by atoms with Crippen LogP contribution in [0.3, 0.4) is 0 Å². The summed E-state index contributed by atoms with van der Waals surface area (Å²) in [5, 5.41) is 11.1. The zero-order chi connectivity index (χ0) is 19.0. The zero-order valence-electron chi connectivity index (χ0n) is 14.5.